The Kier molecular flexibility index (Phi) is 2.38. The molecule has 0 aromatic carbocycles. The summed E-state index contributed by atoms with van der Waals surface area (Å²) in [7, 11) is 0. The van der Waals surface area contributed by atoms with Crippen molar-refractivity contribution in [3.05, 3.63) is 10.0 Å². The van der Waals surface area contributed by atoms with E-state index in [-0.39, 0.29) is 0 Å². The van der Waals surface area contributed by atoms with Gasteiger partial charge in [0.2, 0.25) is 0 Å². The van der Waals surface area contributed by atoms with Crippen LogP contribution in [0.2, 0.25) is 4.34 Å². The van der Waals surface area contributed by atoms with Gasteiger partial charge >= 0.3 is 0 Å². The molecular weight excluding hydrogens is 174 g/mol. The average Bonchev–Trinajstić information content (AvgIpc) is 2.12. The molecule has 0 atom stereocenters. The van der Waals surface area contributed by atoms with Crippen molar-refractivity contribution in [1.29, 1.82) is 0 Å². The van der Waals surface area contributed by atoms with E-state index in [1.165, 1.54) is 11.5 Å². The Morgan fingerprint density at radius 1 is 1.67 bits per heavy atom. The van der Waals surface area contributed by atoms with Gasteiger partial charge in [-0.1, -0.05) is 11.6 Å². The number of thioether (sulfide) groups is 1. The molecule has 0 bridgehead atoms. The monoisotopic (exact) mass is 179 g/mol. The fourth-order valence-corrected chi connectivity index (χ4v) is 2.49. The Balaban J connectivity index is 3.07. The van der Waals surface area contributed by atoms with Gasteiger partial charge in [-0.25, -0.2) is 0 Å². The van der Waals surface area contributed by atoms with Crippen LogP contribution in [0, 0.1) is 6.92 Å². The standard InChI is InChI=1S/C5H6ClNS2/c1-3-4(8-2)5(6)9-7-3/h1-2H3. The van der Waals surface area contributed by atoms with Gasteiger partial charge in [-0.15, -0.1) is 11.8 Å². The quantitative estimate of drug-likeness (QED) is 0.615. The van der Waals surface area contributed by atoms with Gasteiger partial charge in [0.05, 0.1) is 10.6 Å². The molecule has 0 radical (unpaired) electrons. The van der Waals surface area contributed by atoms with Gasteiger partial charge in [-0.3, -0.25) is 0 Å². The molecule has 0 fully saturated rings. The Morgan fingerprint density at radius 3 is 2.56 bits per heavy atom. The molecular formula is C5H6ClNS2. The van der Waals surface area contributed by atoms with Crippen molar-refractivity contribution in [2.75, 3.05) is 6.26 Å². The highest BCUT2D eigenvalue weighted by atomic mass is 35.5. The van der Waals surface area contributed by atoms with Crippen molar-refractivity contribution in [1.82, 2.24) is 4.37 Å². The van der Waals surface area contributed by atoms with Crippen LogP contribution in [-0.4, -0.2) is 10.6 Å². The van der Waals surface area contributed by atoms with Crippen LogP contribution in [0.5, 0.6) is 0 Å². The molecule has 0 aliphatic heterocycles. The number of aryl methyl sites for hydroxylation is 1. The van der Waals surface area contributed by atoms with E-state index in [0.29, 0.717) is 0 Å². The van der Waals surface area contributed by atoms with Crippen molar-refractivity contribution in [3.63, 3.8) is 0 Å². The van der Waals surface area contributed by atoms with Crippen LogP contribution >= 0.6 is 34.9 Å². The molecule has 1 aromatic rings. The first-order valence-corrected chi connectivity index (χ1v) is 4.79. The zero-order valence-corrected chi connectivity index (χ0v) is 7.53. The zero-order chi connectivity index (χ0) is 6.85. The van der Waals surface area contributed by atoms with Crippen LogP contribution < -0.4 is 0 Å². The number of nitrogens with zero attached hydrogens (tertiary/aromatic N) is 1. The minimum atomic E-state index is 0.806. The van der Waals surface area contributed by atoms with Gasteiger partial charge in [0.1, 0.15) is 4.34 Å². The summed E-state index contributed by atoms with van der Waals surface area (Å²) in [5, 5.41) is 0. The molecule has 0 aliphatic rings. The third-order valence-corrected chi connectivity index (χ3v) is 3.25. The van der Waals surface area contributed by atoms with E-state index in [4.69, 9.17) is 11.6 Å². The number of hydrogen-bond donors (Lipinski definition) is 0. The highest BCUT2D eigenvalue weighted by Crippen LogP contribution is 2.31. The molecule has 4 heteroatoms. The van der Waals surface area contributed by atoms with Crippen LogP contribution in [-0.2, 0) is 0 Å². The lowest BCUT2D eigenvalue weighted by Crippen LogP contribution is -1.70. The number of rotatable bonds is 1. The topological polar surface area (TPSA) is 12.9 Å². The fourth-order valence-electron chi connectivity index (χ4n) is 0.562. The lowest BCUT2D eigenvalue weighted by Gasteiger charge is -1.89. The van der Waals surface area contributed by atoms with Gasteiger partial charge in [-0.05, 0) is 24.7 Å². The van der Waals surface area contributed by atoms with Gasteiger partial charge in [0.15, 0.2) is 0 Å². The maximum atomic E-state index is 5.78. The van der Waals surface area contributed by atoms with Crippen LogP contribution in [0.3, 0.4) is 0 Å². The molecule has 0 saturated heterocycles. The van der Waals surface area contributed by atoms with Crippen molar-refractivity contribution < 1.29 is 0 Å². The maximum Gasteiger partial charge on any atom is 0.127 e. The summed E-state index contributed by atoms with van der Waals surface area (Å²) in [6.07, 6.45) is 2.00. The second kappa shape index (κ2) is 2.90. The van der Waals surface area contributed by atoms with Gasteiger partial charge in [0, 0.05) is 0 Å². The molecule has 0 aliphatic carbocycles. The van der Waals surface area contributed by atoms with Crippen molar-refractivity contribution >= 4 is 34.9 Å². The van der Waals surface area contributed by atoms with Crippen molar-refractivity contribution in [3.8, 4) is 0 Å². The summed E-state index contributed by atoms with van der Waals surface area (Å²) < 4.78 is 4.88. The zero-order valence-electron chi connectivity index (χ0n) is 5.14. The SMILES string of the molecule is CSc1c(C)nsc1Cl. The number of hydrogen-bond acceptors (Lipinski definition) is 3. The summed E-state index contributed by atoms with van der Waals surface area (Å²) in [6, 6.07) is 0. The first-order valence-electron chi connectivity index (χ1n) is 2.41. The molecule has 1 rings (SSSR count). The van der Waals surface area contributed by atoms with Crippen LogP contribution in [0.15, 0.2) is 4.90 Å². The molecule has 50 valence electrons. The van der Waals surface area contributed by atoms with Crippen LogP contribution in [0.4, 0.5) is 0 Å². The van der Waals surface area contributed by atoms with E-state index in [1.54, 1.807) is 11.8 Å². The largest absolute Gasteiger partial charge is 0.195 e. The third-order valence-electron chi connectivity index (χ3n) is 0.974. The smallest absolute Gasteiger partial charge is 0.127 e. The van der Waals surface area contributed by atoms with E-state index in [1.807, 2.05) is 13.2 Å². The molecule has 1 aromatic heterocycles. The lowest BCUT2D eigenvalue weighted by atomic mass is 10.5. The van der Waals surface area contributed by atoms with Gasteiger partial charge in [0.25, 0.3) is 0 Å². The second-order valence-corrected chi connectivity index (χ2v) is 3.77. The van der Waals surface area contributed by atoms with Crippen molar-refractivity contribution in [2.45, 2.75) is 11.8 Å². The van der Waals surface area contributed by atoms with E-state index >= 15 is 0 Å². The maximum absolute atomic E-state index is 5.78. The lowest BCUT2D eigenvalue weighted by molar-refractivity contribution is 1.24. The summed E-state index contributed by atoms with van der Waals surface area (Å²) in [4.78, 5) is 1.11. The fraction of sp³-hybridized carbons (Fsp3) is 0.400. The van der Waals surface area contributed by atoms with Gasteiger partial charge < -0.3 is 0 Å². The minimum absolute atomic E-state index is 0.806. The summed E-state index contributed by atoms with van der Waals surface area (Å²) in [5.41, 5.74) is 1.04. The van der Waals surface area contributed by atoms with Crippen LogP contribution in [0.1, 0.15) is 5.69 Å². The normalized spacial score (nSPS) is 10.1. The first-order chi connectivity index (χ1) is 4.25. The first kappa shape index (κ1) is 7.38. The van der Waals surface area contributed by atoms with Gasteiger partial charge in [-0.2, -0.15) is 4.37 Å². The van der Waals surface area contributed by atoms with E-state index in [9.17, 15) is 0 Å². The summed E-state index contributed by atoms with van der Waals surface area (Å²) >= 11 is 8.78. The van der Waals surface area contributed by atoms with E-state index in [2.05, 4.69) is 4.37 Å². The predicted molar refractivity (Wildman–Crippen MR) is 43.6 cm³/mol. The highest BCUT2D eigenvalue weighted by molar-refractivity contribution is 7.98. The molecule has 9 heavy (non-hydrogen) atoms. The van der Waals surface area contributed by atoms with E-state index < -0.39 is 0 Å². The van der Waals surface area contributed by atoms with Crippen molar-refractivity contribution in [2.24, 2.45) is 0 Å². The Hall–Kier alpha value is 0.270. The second-order valence-electron chi connectivity index (χ2n) is 1.57. The Bertz CT molecular complexity index is 189. The molecule has 1 nitrogen and oxygen atoms in total. The van der Waals surface area contributed by atoms with E-state index in [0.717, 1.165) is 14.9 Å². The minimum Gasteiger partial charge on any atom is -0.195 e. The number of aromatic nitrogens is 1. The average molecular weight is 180 g/mol. The summed E-state index contributed by atoms with van der Waals surface area (Å²) in [5.74, 6) is 0. The molecule has 1 heterocycles. The molecule has 0 spiro atoms. The summed E-state index contributed by atoms with van der Waals surface area (Å²) in [6.45, 7) is 1.97. The predicted octanol–water partition coefficient (Wildman–Crippen LogP) is 2.83. The third kappa shape index (κ3) is 1.39. The Morgan fingerprint density at radius 2 is 2.33 bits per heavy atom. The highest BCUT2D eigenvalue weighted by Gasteiger charge is 2.05. The molecule has 0 unspecified atom stereocenters. The van der Waals surface area contributed by atoms with Crippen LogP contribution in [0.25, 0.3) is 0 Å². The Labute approximate surface area is 67.6 Å². The number of halogens is 1. The molecule has 0 saturated carbocycles. The molecule has 0 N–H and O–H groups in total. The molecule has 0 amide bonds.